The molecule has 0 aliphatic heterocycles. The molecule has 1 N–H and O–H groups in total. The molecule has 98 valence electrons. The second-order valence-corrected chi connectivity index (χ2v) is 6.00. The van der Waals surface area contributed by atoms with Crippen molar-refractivity contribution in [3.63, 3.8) is 0 Å². The van der Waals surface area contributed by atoms with Gasteiger partial charge in [0.05, 0.1) is 16.9 Å². The molecule has 1 heterocycles. The number of nitrogens with one attached hydrogen (secondary N) is 1. The number of aryl methyl sites for hydroxylation is 1. The summed E-state index contributed by atoms with van der Waals surface area (Å²) in [5, 5.41) is 3.21. The van der Waals surface area contributed by atoms with Gasteiger partial charge in [-0.05, 0) is 53.2 Å². The Morgan fingerprint density at radius 1 is 1.26 bits per heavy atom. The maximum absolute atomic E-state index is 12.2. The summed E-state index contributed by atoms with van der Waals surface area (Å²) in [6, 6.07) is 8.79. The molecule has 1 aromatic carbocycles. The minimum Gasteiger partial charge on any atom is -0.320 e. The van der Waals surface area contributed by atoms with Gasteiger partial charge in [0.15, 0.2) is 0 Å². The standard InChI is InChI=1S/C13H9Br2ClN2O/c1-7-11(4-5-12(16)17-7)18-13(19)9-6-8(14)2-3-10(9)15/h2-6H,1H3,(H,18,19). The van der Waals surface area contributed by atoms with Crippen LogP contribution >= 0.6 is 43.5 Å². The number of benzene rings is 1. The number of aromatic nitrogens is 1. The molecule has 0 aliphatic carbocycles. The molecule has 19 heavy (non-hydrogen) atoms. The van der Waals surface area contributed by atoms with Gasteiger partial charge in [0.1, 0.15) is 5.15 Å². The number of halogens is 3. The molecule has 1 aromatic heterocycles. The second kappa shape index (κ2) is 6.03. The Morgan fingerprint density at radius 2 is 2.00 bits per heavy atom. The SMILES string of the molecule is Cc1nc(Cl)ccc1NC(=O)c1cc(Br)ccc1Br. The van der Waals surface area contributed by atoms with Crippen molar-refractivity contribution in [3.8, 4) is 0 Å². The number of rotatable bonds is 2. The number of nitrogens with zero attached hydrogens (tertiary/aromatic N) is 1. The Bertz CT molecular complexity index is 647. The lowest BCUT2D eigenvalue weighted by atomic mass is 10.2. The van der Waals surface area contributed by atoms with Crippen molar-refractivity contribution in [3.05, 3.63) is 55.7 Å². The van der Waals surface area contributed by atoms with Gasteiger partial charge < -0.3 is 5.32 Å². The molecule has 0 bridgehead atoms. The van der Waals surface area contributed by atoms with Gasteiger partial charge >= 0.3 is 0 Å². The van der Waals surface area contributed by atoms with E-state index in [9.17, 15) is 4.79 Å². The molecular weight excluding hydrogens is 395 g/mol. The third kappa shape index (κ3) is 3.55. The van der Waals surface area contributed by atoms with Gasteiger partial charge in [-0.1, -0.05) is 27.5 Å². The van der Waals surface area contributed by atoms with E-state index >= 15 is 0 Å². The maximum atomic E-state index is 12.2. The summed E-state index contributed by atoms with van der Waals surface area (Å²) in [6.45, 7) is 1.79. The minimum absolute atomic E-state index is 0.208. The van der Waals surface area contributed by atoms with Crippen LogP contribution in [0.1, 0.15) is 16.1 Å². The van der Waals surface area contributed by atoms with Crippen molar-refractivity contribution in [1.82, 2.24) is 4.98 Å². The number of hydrogen-bond donors (Lipinski definition) is 1. The maximum Gasteiger partial charge on any atom is 0.256 e. The molecule has 2 rings (SSSR count). The normalized spacial score (nSPS) is 10.3. The van der Waals surface area contributed by atoms with Gasteiger partial charge in [-0.15, -0.1) is 0 Å². The highest BCUT2D eigenvalue weighted by Crippen LogP contribution is 2.23. The molecule has 0 atom stereocenters. The van der Waals surface area contributed by atoms with Crippen LogP contribution in [-0.2, 0) is 0 Å². The molecule has 0 saturated heterocycles. The summed E-state index contributed by atoms with van der Waals surface area (Å²) in [5.74, 6) is -0.208. The first-order valence-corrected chi connectivity index (χ1v) is 7.33. The third-order valence-electron chi connectivity index (χ3n) is 2.47. The highest BCUT2D eigenvalue weighted by atomic mass is 79.9. The Kier molecular flexibility index (Phi) is 4.60. The van der Waals surface area contributed by atoms with Crippen LogP contribution in [0.2, 0.25) is 5.15 Å². The van der Waals surface area contributed by atoms with Crippen LogP contribution in [0.4, 0.5) is 5.69 Å². The monoisotopic (exact) mass is 402 g/mol. The van der Waals surface area contributed by atoms with E-state index < -0.39 is 0 Å². The van der Waals surface area contributed by atoms with Crippen LogP contribution in [0.15, 0.2) is 39.3 Å². The molecule has 1 amide bonds. The van der Waals surface area contributed by atoms with E-state index in [0.717, 1.165) is 8.95 Å². The number of hydrogen-bond acceptors (Lipinski definition) is 2. The van der Waals surface area contributed by atoms with Crippen molar-refractivity contribution in [2.24, 2.45) is 0 Å². The summed E-state index contributed by atoms with van der Waals surface area (Å²) < 4.78 is 1.57. The molecule has 6 heteroatoms. The average Bonchev–Trinajstić information content (AvgIpc) is 2.35. The summed E-state index contributed by atoms with van der Waals surface area (Å²) in [6.07, 6.45) is 0. The molecule has 2 aromatic rings. The smallest absolute Gasteiger partial charge is 0.256 e. The Balaban J connectivity index is 2.28. The van der Waals surface area contributed by atoms with Crippen LogP contribution in [0.3, 0.4) is 0 Å². The Labute approximate surface area is 132 Å². The molecule has 0 fully saturated rings. The van der Waals surface area contributed by atoms with Crippen molar-refractivity contribution in [2.75, 3.05) is 5.32 Å². The van der Waals surface area contributed by atoms with E-state index in [-0.39, 0.29) is 5.91 Å². The molecule has 3 nitrogen and oxygen atoms in total. The van der Waals surface area contributed by atoms with Crippen LogP contribution in [0.5, 0.6) is 0 Å². The zero-order chi connectivity index (χ0) is 14.0. The lowest BCUT2D eigenvalue weighted by Crippen LogP contribution is -2.13. The quantitative estimate of drug-likeness (QED) is 0.729. The number of anilines is 1. The second-order valence-electron chi connectivity index (χ2n) is 3.85. The van der Waals surface area contributed by atoms with Gasteiger partial charge in [-0.25, -0.2) is 4.98 Å². The highest BCUT2D eigenvalue weighted by molar-refractivity contribution is 9.11. The Morgan fingerprint density at radius 3 is 2.68 bits per heavy atom. The minimum atomic E-state index is -0.208. The van der Waals surface area contributed by atoms with Crippen molar-refractivity contribution in [2.45, 2.75) is 6.92 Å². The molecular formula is C13H9Br2ClN2O. The van der Waals surface area contributed by atoms with Crippen molar-refractivity contribution in [1.29, 1.82) is 0 Å². The predicted molar refractivity (Wildman–Crippen MR) is 83.8 cm³/mol. The van der Waals surface area contributed by atoms with Gasteiger partial charge in [0.2, 0.25) is 0 Å². The van der Waals surface area contributed by atoms with Crippen LogP contribution in [-0.4, -0.2) is 10.9 Å². The number of carbonyl (C=O) groups excluding carboxylic acids is 1. The topological polar surface area (TPSA) is 42.0 Å². The molecule has 0 aliphatic rings. The first-order chi connectivity index (χ1) is 8.97. The van der Waals surface area contributed by atoms with Gasteiger partial charge in [0.25, 0.3) is 5.91 Å². The van der Waals surface area contributed by atoms with Crippen LogP contribution in [0, 0.1) is 6.92 Å². The van der Waals surface area contributed by atoms with Crippen molar-refractivity contribution < 1.29 is 4.79 Å². The summed E-state index contributed by atoms with van der Waals surface area (Å²) in [7, 11) is 0. The van der Waals surface area contributed by atoms with Crippen molar-refractivity contribution >= 4 is 55.1 Å². The Hall–Kier alpha value is -0.910. The van der Waals surface area contributed by atoms with E-state index in [4.69, 9.17) is 11.6 Å². The molecule has 0 radical (unpaired) electrons. The fraction of sp³-hybridized carbons (Fsp3) is 0.0769. The van der Waals surface area contributed by atoms with Gasteiger partial charge in [-0.2, -0.15) is 0 Å². The zero-order valence-corrected chi connectivity index (χ0v) is 13.8. The molecule has 0 spiro atoms. The largest absolute Gasteiger partial charge is 0.320 e. The lowest BCUT2D eigenvalue weighted by molar-refractivity contribution is 0.102. The lowest BCUT2D eigenvalue weighted by Gasteiger charge is -2.09. The van der Waals surface area contributed by atoms with Gasteiger partial charge in [-0.3, -0.25) is 4.79 Å². The van der Waals surface area contributed by atoms with Crippen LogP contribution < -0.4 is 5.32 Å². The average molecular weight is 404 g/mol. The first kappa shape index (κ1) is 14.5. The van der Waals surface area contributed by atoms with E-state index in [0.29, 0.717) is 22.1 Å². The molecule has 0 saturated carbocycles. The number of pyridine rings is 1. The van der Waals surface area contributed by atoms with E-state index in [2.05, 4.69) is 42.2 Å². The van der Waals surface area contributed by atoms with Crippen LogP contribution in [0.25, 0.3) is 0 Å². The number of amides is 1. The van der Waals surface area contributed by atoms with E-state index in [1.165, 1.54) is 0 Å². The van der Waals surface area contributed by atoms with Gasteiger partial charge in [0, 0.05) is 8.95 Å². The zero-order valence-electron chi connectivity index (χ0n) is 9.88. The fourth-order valence-corrected chi connectivity index (χ4v) is 2.50. The number of carbonyl (C=O) groups is 1. The molecule has 0 unspecified atom stereocenters. The van der Waals surface area contributed by atoms with E-state index in [1.807, 2.05) is 12.1 Å². The van der Waals surface area contributed by atoms with E-state index in [1.54, 1.807) is 25.1 Å². The predicted octanol–water partition coefficient (Wildman–Crippen LogP) is 4.82. The fourth-order valence-electron chi connectivity index (χ4n) is 1.52. The summed E-state index contributed by atoms with van der Waals surface area (Å²) in [5.41, 5.74) is 1.86. The first-order valence-electron chi connectivity index (χ1n) is 5.37. The highest BCUT2D eigenvalue weighted by Gasteiger charge is 2.12. The third-order valence-corrected chi connectivity index (χ3v) is 3.87. The summed E-state index contributed by atoms with van der Waals surface area (Å²) >= 11 is 12.5. The summed E-state index contributed by atoms with van der Waals surface area (Å²) in [4.78, 5) is 16.3.